The van der Waals surface area contributed by atoms with E-state index in [1.165, 1.54) is 12.1 Å². The largest absolute Gasteiger partial charge is 0.465 e. The summed E-state index contributed by atoms with van der Waals surface area (Å²) in [6.07, 6.45) is -3.55. The number of aromatic nitrogens is 1. The number of esters is 1. The molecule has 6 nitrogen and oxygen atoms in total. The number of benzene rings is 2. The Morgan fingerprint density at radius 3 is 2.36 bits per heavy atom. The van der Waals surface area contributed by atoms with Gasteiger partial charge < -0.3 is 4.74 Å². The summed E-state index contributed by atoms with van der Waals surface area (Å²) in [6.45, 7) is 0. The number of carbonyl (C=O) groups is 2. The Bertz CT molecular complexity index is 1140. The van der Waals surface area contributed by atoms with Crippen molar-refractivity contribution in [3.63, 3.8) is 0 Å². The van der Waals surface area contributed by atoms with E-state index in [1.807, 2.05) is 0 Å². The van der Waals surface area contributed by atoms with Crippen molar-refractivity contribution >= 4 is 22.6 Å². The van der Waals surface area contributed by atoms with Crippen LogP contribution in [0.2, 0.25) is 0 Å². The zero-order valence-electron chi connectivity index (χ0n) is 14.4. The number of hydrogen-bond acceptors (Lipinski definition) is 4. The third-order valence-electron chi connectivity index (χ3n) is 4.00. The lowest BCUT2D eigenvalue weighted by molar-refractivity contribution is -0.137. The maximum Gasteiger partial charge on any atom is 0.416 e. The third kappa shape index (κ3) is 3.59. The highest BCUT2D eigenvalue weighted by Gasteiger charge is 2.31. The van der Waals surface area contributed by atoms with Gasteiger partial charge in [0.05, 0.1) is 18.2 Å². The molecule has 3 rings (SSSR count). The van der Waals surface area contributed by atoms with Crippen molar-refractivity contribution in [3.05, 3.63) is 81.8 Å². The minimum absolute atomic E-state index is 0.0158. The Balaban J connectivity index is 2.05. The summed E-state index contributed by atoms with van der Waals surface area (Å²) >= 11 is 0. The molecular weight excluding hydrogens is 377 g/mol. The van der Waals surface area contributed by atoms with Gasteiger partial charge in [-0.3, -0.25) is 15.0 Å². The molecule has 2 aromatic carbocycles. The lowest BCUT2D eigenvalue weighted by Crippen LogP contribution is -2.34. The van der Waals surface area contributed by atoms with Crippen LogP contribution in [-0.2, 0) is 10.9 Å². The van der Waals surface area contributed by atoms with Gasteiger partial charge in [0.15, 0.2) is 0 Å². The molecule has 0 radical (unpaired) electrons. The Morgan fingerprint density at radius 1 is 1.04 bits per heavy atom. The normalized spacial score (nSPS) is 11.3. The monoisotopic (exact) mass is 390 g/mol. The van der Waals surface area contributed by atoms with E-state index in [0.29, 0.717) is 11.5 Å². The summed E-state index contributed by atoms with van der Waals surface area (Å²) in [4.78, 5) is 37.0. The molecule has 0 atom stereocenters. The first kappa shape index (κ1) is 19.2. The molecule has 0 saturated heterocycles. The van der Waals surface area contributed by atoms with E-state index in [2.05, 4.69) is 5.43 Å². The van der Waals surface area contributed by atoms with E-state index in [9.17, 15) is 27.6 Å². The predicted octanol–water partition coefficient (Wildman–Crippen LogP) is 3.19. The number of nitrogens with one attached hydrogen (secondary N) is 1. The molecule has 0 bridgehead atoms. The number of carbonyl (C=O) groups excluding carboxylic acids is 2. The first-order valence-electron chi connectivity index (χ1n) is 7.93. The maximum absolute atomic E-state index is 12.8. The third-order valence-corrected chi connectivity index (χ3v) is 4.00. The summed E-state index contributed by atoms with van der Waals surface area (Å²) < 4.78 is 44.0. The molecule has 0 aliphatic rings. The van der Waals surface area contributed by atoms with Crippen LogP contribution < -0.4 is 11.0 Å². The van der Waals surface area contributed by atoms with Crippen molar-refractivity contribution < 1.29 is 27.5 Å². The number of ether oxygens (including phenoxy) is 1. The quantitative estimate of drug-likeness (QED) is 0.697. The molecule has 0 fully saturated rings. The van der Waals surface area contributed by atoms with Crippen LogP contribution >= 0.6 is 0 Å². The van der Waals surface area contributed by atoms with Crippen molar-refractivity contribution in [1.82, 2.24) is 4.68 Å². The van der Waals surface area contributed by atoms with Crippen molar-refractivity contribution in [2.45, 2.75) is 6.18 Å². The van der Waals surface area contributed by atoms with E-state index < -0.39 is 29.2 Å². The molecule has 0 aliphatic heterocycles. The second kappa shape index (κ2) is 7.18. The number of nitrogens with zero attached hydrogens (tertiary/aromatic N) is 1. The first-order chi connectivity index (χ1) is 13.2. The Hall–Kier alpha value is -3.62. The fourth-order valence-electron chi connectivity index (χ4n) is 2.66. The van der Waals surface area contributed by atoms with Gasteiger partial charge in [0, 0.05) is 22.5 Å². The van der Waals surface area contributed by atoms with Crippen LogP contribution in [0.25, 0.3) is 10.8 Å². The van der Waals surface area contributed by atoms with Crippen LogP contribution in [0.4, 0.5) is 13.2 Å². The first-order valence-corrected chi connectivity index (χ1v) is 7.93. The van der Waals surface area contributed by atoms with Gasteiger partial charge in [-0.25, -0.2) is 9.47 Å². The van der Waals surface area contributed by atoms with Crippen LogP contribution in [0.5, 0.6) is 0 Å². The Kier molecular flexibility index (Phi) is 4.91. The van der Waals surface area contributed by atoms with Gasteiger partial charge in [0.1, 0.15) is 0 Å². The number of fused-ring (bicyclic) bond motifs is 1. The molecule has 144 valence electrons. The molecule has 28 heavy (non-hydrogen) atoms. The summed E-state index contributed by atoms with van der Waals surface area (Å²) in [7, 11) is 1.16. The van der Waals surface area contributed by atoms with Crippen molar-refractivity contribution in [1.29, 1.82) is 0 Å². The summed E-state index contributed by atoms with van der Waals surface area (Å²) in [5.74, 6) is -1.68. The molecular formula is C19H13F3N2O4. The van der Waals surface area contributed by atoms with Crippen LogP contribution in [0.15, 0.2) is 59.5 Å². The van der Waals surface area contributed by atoms with E-state index >= 15 is 0 Å². The molecule has 0 unspecified atom stereocenters. The molecule has 1 amide bonds. The van der Waals surface area contributed by atoms with Gasteiger partial charge in [-0.05, 0) is 24.3 Å². The van der Waals surface area contributed by atoms with Gasteiger partial charge in [-0.2, -0.15) is 13.2 Å². The topological polar surface area (TPSA) is 77.4 Å². The average molecular weight is 390 g/mol. The number of halogens is 3. The van der Waals surface area contributed by atoms with Gasteiger partial charge in [0.25, 0.3) is 11.5 Å². The van der Waals surface area contributed by atoms with Crippen LogP contribution in [-0.4, -0.2) is 23.7 Å². The minimum atomic E-state index is -4.62. The minimum Gasteiger partial charge on any atom is -0.465 e. The fraction of sp³-hybridized carbons (Fsp3) is 0.105. The number of alkyl halides is 3. The lowest BCUT2D eigenvalue weighted by Gasteiger charge is -2.13. The standard InChI is InChI=1S/C19H13F3N2O4/c1-28-18(27)15-10-24(17(26)14-8-3-2-7-13(14)15)23-16(25)11-5-4-6-12(9-11)19(20,21)22/h2-10H,1H3,(H,23,25). The SMILES string of the molecule is COC(=O)c1cn(NC(=O)c2cccc(C(F)(F)F)c2)c(=O)c2ccccc12. The molecule has 0 spiro atoms. The number of methoxy groups -OCH3 is 1. The second-order valence-corrected chi connectivity index (χ2v) is 5.77. The smallest absolute Gasteiger partial charge is 0.416 e. The van der Waals surface area contributed by atoms with Gasteiger partial charge >= 0.3 is 12.1 Å². The van der Waals surface area contributed by atoms with Gasteiger partial charge in [-0.15, -0.1) is 0 Å². The highest BCUT2D eigenvalue weighted by atomic mass is 19.4. The van der Waals surface area contributed by atoms with Gasteiger partial charge in [-0.1, -0.05) is 24.3 Å². The van der Waals surface area contributed by atoms with E-state index in [4.69, 9.17) is 4.74 Å². The van der Waals surface area contributed by atoms with Crippen LogP contribution in [0.3, 0.4) is 0 Å². The van der Waals surface area contributed by atoms with Gasteiger partial charge in [0.2, 0.25) is 0 Å². The molecule has 3 aromatic rings. The van der Waals surface area contributed by atoms with E-state index in [0.717, 1.165) is 30.1 Å². The highest BCUT2D eigenvalue weighted by Crippen LogP contribution is 2.29. The van der Waals surface area contributed by atoms with Crippen molar-refractivity contribution in [2.24, 2.45) is 0 Å². The average Bonchev–Trinajstić information content (AvgIpc) is 2.69. The zero-order chi connectivity index (χ0) is 20.5. The molecule has 0 aliphatic carbocycles. The van der Waals surface area contributed by atoms with Crippen molar-refractivity contribution in [3.8, 4) is 0 Å². The zero-order valence-corrected chi connectivity index (χ0v) is 14.4. The molecule has 0 saturated carbocycles. The number of rotatable bonds is 3. The highest BCUT2D eigenvalue weighted by molar-refractivity contribution is 6.04. The second-order valence-electron chi connectivity index (χ2n) is 5.77. The number of amides is 1. The Morgan fingerprint density at radius 2 is 1.71 bits per heavy atom. The summed E-state index contributed by atoms with van der Waals surface area (Å²) in [5, 5.41) is 0.457. The molecule has 1 N–H and O–H groups in total. The number of pyridine rings is 1. The van der Waals surface area contributed by atoms with Crippen molar-refractivity contribution in [2.75, 3.05) is 12.5 Å². The predicted molar refractivity (Wildman–Crippen MR) is 94.7 cm³/mol. The fourth-order valence-corrected chi connectivity index (χ4v) is 2.66. The van der Waals surface area contributed by atoms with E-state index in [1.54, 1.807) is 18.2 Å². The summed E-state index contributed by atoms with van der Waals surface area (Å²) in [5.41, 5.74) is 0.277. The Labute approximate surface area is 156 Å². The lowest BCUT2D eigenvalue weighted by atomic mass is 10.1. The molecule has 1 aromatic heterocycles. The van der Waals surface area contributed by atoms with Crippen LogP contribution in [0.1, 0.15) is 26.3 Å². The maximum atomic E-state index is 12.8. The van der Waals surface area contributed by atoms with Crippen LogP contribution in [0, 0.1) is 0 Å². The molecule has 1 heterocycles. The molecule has 9 heteroatoms. The summed E-state index contributed by atoms with van der Waals surface area (Å²) in [6, 6.07) is 9.96. The van der Waals surface area contributed by atoms with E-state index in [-0.39, 0.29) is 16.5 Å². The number of hydrogen-bond donors (Lipinski definition) is 1.